The molecule has 0 bridgehead atoms. The van der Waals surface area contributed by atoms with Crippen LogP contribution in [0.5, 0.6) is 0 Å². The molecule has 0 aromatic carbocycles. The second-order valence-corrected chi connectivity index (χ2v) is 7.42. The monoisotopic (exact) mass is 285 g/mol. The lowest BCUT2D eigenvalue weighted by atomic mass is 9.99. The van der Waals surface area contributed by atoms with Crippen molar-refractivity contribution in [1.29, 1.82) is 0 Å². The van der Waals surface area contributed by atoms with Crippen molar-refractivity contribution >= 4 is 15.8 Å². The molecule has 0 amide bonds. The van der Waals surface area contributed by atoms with Gasteiger partial charge < -0.3 is 10.1 Å². The average molecular weight is 285 g/mol. The van der Waals surface area contributed by atoms with Gasteiger partial charge in [-0.25, -0.2) is 18.4 Å². The van der Waals surface area contributed by atoms with Crippen molar-refractivity contribution in [3.63, 3.8) is 0 Å². The molecule has 1 fully saturated rings. The van der Waals surface area contributed by atoms with Crippen LogP contribution >= 0.6 is 0 Å². The van der Waals surface area contributed by atoms with Crippen molar-refractivity contribution in [2.24, 2.45) is 0 Å². The molecular formula is C12H19N3O3S. The van der Waals surface area contributed by atoms with E-state index in [1.165, 1.54) is 6.26 Å². The lowest BCUT2D eigenvalue weighted by Gasteiger charge is -2.35. The Balaban J connectivity index is 2.11. The molecule has 2 heterocycles. The highest BCUT2D eigenvalue weighted by molar-refractivity contribution is 7.92. The molecule has 106 valence electrons. The summed E-state index contributed by atoms with van der Waals surface area (Å²) in [6, 6.07) is 0. The van der Waals surface area contributed by atoms with E-state index in [0.29, 0.717) is 38.5 Å². The Bertz CT molecular complexity index is 522. The van der Waals surface area contributed by atoms with E-state index in [1.54, 1.807) is 12.4 Å². The van der Waals surface area contributed by atoms with Gasteiger partial charge in [0.15, 0.2) is 9.84 Å². The quantitative estimate of drug-likeness (QED) is 0.881. The minimum absolute atomic E-state index is 0.318. The first-order chi connectivity index (χ1) is 8.93. The Morgan fingerprint density at radius 1 is 1.32 bits per heavy atom. The van der Waals surface area contributed by atoms with Crippen molar-refractivity contribution in [2.75, 3.05) is 31.3 Å². The van der Waals surface area contributed by atoms with Crippen LogP contribution in [0.15, 0.2) is 12.4 Å². The molecule has 0 atom stereocenters. The van der Waals surface area contributed by atoms with E-state index >= 15 is 0 Å². The van der Waals surface area contributed by atoms with Gasteiger partial charge in [0.2, 0.25) is 5.95 Å². The van der Waals surface area contributed by atoms with E-state index < -0.39 is 14.6 Å². The first kappa shape index (κ1) is 14.2. The Labute approximate surface area is 113 Å². The number of nitrogens with zero attached hydrogens (tertiary/aromatic N) is 2. The summed E-state index contributed by atoms with van der Waals surface area (Å²) in [4.78, 5) is 8.26. The number of hydrogen-bond donors (Lipinski definition) is 1. The van der Waals surface area contributed by atoms with Crippen LogP contribution in [-0.4, -0.2) is 49.1 Å². The van der Waals surface area contributed by atoms with Gasteiger partial charge >= 0.3 is 0 Å². The van der Waals surface area contributed by atoms with Gasteiger partial charge in [-0.05, 0) is 25.3 Å². The molecule has 19 heavy (non-hydrogen) atoms. The van der Waals surface area contributed by atoms with E-state index in [4.69, 9.17) is 4.74 Å². The molecule has 1 aliphatic heterocycles. The third kappa shape index (κ3) is 3.22. The highest BCUT2D eigenvalue weighted by Crippen LogP contribution is 2.29. The van der Waals surface area contributed by atoms with Gasteiger partial charge in [0, 0.05) is 38.4 Å². The van der Waals surface area contributed by atoms with Gasteiger partial charge in [0.1, 0.15) is 0 Å². The van der Waals surface area contributed by atoms with Crippen LogP contribution in [0.25, 0.3) is 0 Å². The molecule has 0 aliphatic carbocycles. The van der Waals surface area contributed by atoms with Crippen molar-refractivity contribution in [1.82, 2.24) is 9.97 Å². The maximum atomic E-state index is 12.0. The Kier molecular flexibility index (Phi) is 4.05. The standard InChI is InChI=1S/C12H19N3O3S/c1-10-7-13-11(14-8-10)15-9-12(19(2,16)17)3-5-18-6-4-12/h7-8H,3-6,9H2,1-2H3,(H,13,14,15). The van der Waals surface area contributed by atoms with Gasteiger partial charge in [-0.1, -0.05) is 0 Å². The summed E-state index contributed by atoms with van der Waals surface area (Å²) in [6.07, 6.45) is 5.70. The Morgan fingerprint density at radius 3 is 2.42 bits per heavy atom. The molecule has 0 spiro atoms. The second kappa shape index (κ2) is 5.42. The van der Waals surface area contributed by atoms with E-state index in [-0.39, 0.29) is 0 Å². The third-order valence-electron chi connectivity index (χ3n) is 3.54. The summed E-state index contributed by atoms with van der Waals surface area (Å²) in [6.45, 7) is 3.17. The SMILES string of the molecule is Cc1cnc(NCC2(S(C)(=O)=O)CCOCC2)nc1. The fourth-order valence-electron chi connectivity index (χ4n) is 2.15. The predicted octanol–water partition coefficient (Wildman–Crippen LogP) is 0.791. The summed E-state index contributed by atoms with van der Waals surface area (Å²) < 4.78 is 28.6. The zero-order chi connectivity index (χ0) is 13.9. The molecule has 7 heteroatoms. The molecule has 1 aromatic rings. The molecular weight excluding hydrogens is 266 g/mol. The van der Waals surface area contributed by atoms with Gasteiger partial charge in [0.05, 0.1) is 4.75 Å². The summed E-state index contributed by atoms with van der Waals surface area (Å²) >= 11 is 0. The van der Waals surface area contributed by atoms with Crippen LogP contribution in [0.2, 0.25) is 0 Å². The van der Waals surface area contributed by atoms with Gasteiger partial charge in [-0.3, -0.25) is 0 Å². The summed E-state index contributed by atoms with van der Waals surface area (Å²) in [5.74, 6) is 0.458. The minimum atomic E-state index is -3.16. The maximum Gasteiger partial charge on any atom is 0.222 e. The zero-order valence-corrected chi connectivity index (χ0v) is 12.0. The van der Waals surface area contributed by atoms with E-state index in [1.807, 2.05) is 6.92 Å². The molecule has 0 unspecified atom stereocenters. The van der Waals surface area contributed by atoms with Crippen molar-refractivity contribution in [3.8, 4) is 0 Å². The largest absolute Gasteiger partial charge is 0.381 e. The zero-order valence-electron chi connectivity index (χ0n) is 11.2. The van der Waals surface area contributed by atoms with E-state index in [2.05, 4.69) is 15.3 Å². The third-order valence-corrected chi connectivity index (χ3v) is 5.67. The molecule has 6 nitrogen and oxygen atoms in total. The van der Waals surface area contributed by atoms with Crippen molar-refractivity contribution in [2.45, 2.75) is 24.5 Å². The van der Waals surface area contributed by atoms with Crippen LogP contribution < -0.4 is 5.32 Å². The molecule has 0 radical (unpaired) electrons. The number of ether oxygens (including phenoxy) is 1. The first-order valence-electron chi connectivity index (χ1n) is 6.23. The van der Waals surface area contributed by atoms with Gasteiger partial charge in [-0.2, -0.15) is 0 Å². The number of hydrogen-bond acceptors (Lipinski definition) is 6. The lowest BCUT2D eigenvalue weighted by Crippen LogP contribution is -2.48. The molecule has 1 saturated heterocycles. The number of rotatable bonds is 4. The Hall–Kier alpha value is -1.21. The molecule has 1 N–H and O–H groups in total. The average Bonchev–Trinajstić information content (AvgIpc) is 2.38. The smallest absolute Gasteiger partial charge is 0.222 e. The highest BCUT2D eigenvalue weighted by atomic mass is 32.2. The number of anilines is 1. The van der Waals surface area contributed by atoms with Crippen LogP contribution in [0.3, 0.4) is 0 Å². The number of nitrogens with one attached hydrogen (secondary N) is 1. The maximum absolute atomic E-state index is 12.0. The van der Waals surface area contributed by atoms with Crippen LogP contribution in [0, 0.1) is 6.92 Å². The van der Waals surface area contributed by atoms with Crippen LogP contribution in [0.1, 0.15) is 18.4 Å². The number of aryl methyl sites for hydroxylation is 1. The van der Waals surface area contributed by atoms with Crippen molar-refractivity contribution < 1.29 is 13.2 Å². The topological polar surface area (TPSA) is 81.2 Å². The second-order valence-electron chi connectivity index (χ2n) is 5.01. The Morgan fingerprint density at radius 2 is 1.89 bits per heavy atom. The number of sulfone groups is 1. The molecule has 1 aromatic heterocycles. The molecule has 0 saturated carbocycles. The van der Waals surface area contributed by atoms with E-state index in [0.717, 1.165) is 5.56 Å². The van der Waals surface area contributed by atoms with Gasteiger partial charge in [-0.15, -0.1) is 0 Å². The minimum Gasteiger partial charge on any atom is -0.381 e. The summed E-state index contributed by atoms with van der Waals surface area (Å²) in [7, 11) is -3.16. The summed E-state index contributed by atoms with van der Waals surface area (Å²) in [5.41, 5.74) is 0.967. The van der Waals surface area contributed by atoms with Crippen LogP contribution in [-0.2, 0) is 14.6 Å². The number of aromatic nitrogens is 2. The lowest BCUT2D eigenvalue weighted by molar-refractivity contribution is 0.0776. The molecule has 2 rings (SSSR count). The highest BCUT2D eigenvalue weighted by Gasteiger charge is 2.42. The normalized spacial score (nSPS) is 19.1. The fraction of sp³-hybridized carbons (Fsp3) is 0.667. The van der Waals surface area contributed by atoms with Crippen LogP contribution in [0.4, 0.5) is 5.95 Å². The predicted molar refractivity (Wildman–Crippen MR) is 72.9 cm³/mol. The summed E-state index contributed by atoms with van der Waals surface area (Å²) in [5, 5.41) is 3.03. The van der Waals surface area contributed by atoms with Gasteiger partial charge in [0.25, 0.3) is 0 Å². The first-order valence-corrected chi connectivity index (χ1v) is 8.12. The van der Waals surface area contributed by atoms with Crippen molar-refractivity contribution in [3.05, 3.63) is 18.0 Å². The fourth-order valence-corrected chi connectivity index (χ4v) is 3.39. The van der Waals surface area contributed by atoms with E-state index in [9.17, 15) is 8.42 Å². The molecule has 1 aliphatic rings.